The summed E-state index contributed by atoms with van der Waals surface area (Å²) in [5.74, 6) is 0.947. The Kier molecular flexibility index (Phi) is 9.00. The lowest BCUT2D eigenvalue weighted by molar-refractivity contribution is 0.794. The predicted octanol–water partition coefficient (Wildman–Crippen LogP) is 13.9. The lowest BCUT2D eigenvalue weighted by Gasteiger charge is -2.19. The van der Waals surface area contributed by atoms with Gasteiger partial charge in [-0.15, -0.1) is 0 Å². The van der Waals surface area contributed by atoms with E-state index in [9.17, 15) is 0 Å². The summed E-state index contributed by atoms with van der Waals surface area (Å²) in [5, 5.41) is 2.50. The average Bonchev–Trinajstić information content (AvgIpc) is 3.80. The van der Waals surface area contributed by atoms with Crippen molar-refractivity contribution in [3.05, 3.63) is 186 Å². The Labute approximate surface area is 324 Å². The van der Waals surface area contributed by atoms with E-state index in [1.807, 2.05) is 6.20 Å². The normalized spacial score (nSPS) is 11.5. The highest BCUT2D eigenvalue weighted by Gasteiger charge is 2.21. The molecule has 0 spiro atoms. The second kappa shape index (κ2) is 14.4. The molecule has 2 heterocycles. The Bertz CT molecular complexity index is 2690. The molecule has 3 nitrogen and oxygen atoms in total. The maximum Gasteiger partial charge on any atom is 0.145 e. The summed E-state index contributed by atoms with van der Waals surface area (Å²) in [4.78, 5) is 5.16. The van der Waals surface area contributed by atoms with E-state index in [0.717, 1.165) is 34.8 Å². The highest BCUT2D eigenvalue weighted by molar-refractivity contribution is 6.12. The van der Waals surface area contributed by atoms with E-state index in [2.05, 4.69) is 195 Å². The third kappa shape index (κ3) is 6.26. The molecule has 0 aliphatic heterocycles. The summed E-state index contributed by atoms with van der Waals surface area (Å²) in [6.07, 6.45) is 5.53. The molecule has 268 valence electrons. The Morgan fingerprint density at radius 1 is 0.473 bits per heavy atom. The monoisotopic (exact) mass is 711 g/mol. The lowest BCUT2D eigenvalue weighted by atomic mass is 10.0. The first-order valence-corrected chi connectivity index (χ1v) is 19.5. The van der Waals surface area contributed by atoms with Crippen LogP contribution < -0.4 is 0 Å². The van der Waals surface area contributed by atoms with E-state index >= 15 is 0 Å². The van der Waals surface area contributed by atoms with Gasteiger partial charge in [0.1, 0.15) is 5.82 Å². The molecular formula is C52H45N3. The number of nitrogens with zero attached hydrogens (tertiary/aromatic N) is 3. The molecule has 0 atom stereocenters. The predicted molar refractivity (Wildman–Crippen MR) is 232 cm³/mol. The van der Waals surface area contributed by atoms with Gasteiger partial charge in [-0.05, 0) is 121 Å². The minimum atomic E-state index is 0.947. The van der Waals surface area contributed by atoms with Crippen molar-refractivity contribution in [2.45, 2.75) is 47.0 Å². The minimum Gasteiger partial charge on any atom is -0.309 e. The van der Waals surface area contributed by atoms with Crippen LogP contribution in [0.2, 0.25) is 0 Å². The third-order valence-corrected chi connectivity index (χ3v) is 11.1. The molecule has 0 amide bonds. The van der Waals surface area contributed by atoms with Crippen molar-refractivity contribution in [3.63, 3.8) is 0 Å². The Hall–Kier alpha value is -6.45. The van der Waals surface area contributed by atoms with E-state index in [1.165, 1.54) is 84.8 Å². The molecule has 0 fully saturated rings. The highest BCUT2D eigenvalue weighted by Crippen LogP contribution is 2.40. The van der Waals surface area contributed by atoms with Gasteiger partial charge in [0.15, 0.2) is 0 Å². The van der Waals surface area contributed by atoms with Gasteiger partial charge in [-0.1, -0.05) is 129 Å². The van der Waals surface area contributed by atoms with Crippen molar-refractivity contribution >= 4 is 21.8 Å². The van der Waals surface area contributed by atoms with Crippen LogP contribution in [0, 0.1) is 20.8 Å². The van der Waals surface area contributed by atoms with Gasteiger partial charge in [0.25, 0.3) is 0 Å². The molecule has 0 unspecified atom stereocenters. The van der Waals surface area contributed by atoms with Crippen LogP contribution in [-0.4, -0.2) is 14.1 Å². The number of imidazole rings is 1. The van der Waals surface area contributed by atoms with Crippen molar-refractivity contribution in [1.82, 2.24) is 14.1 Å². The summed E-state index contributed by atoms with van der Waals surface area (Å²) in [7, 11) is 0. The van der Waals surface area contributed by atoms with Crippen LogP contribution in [0.4, 0.5) is 0 Å². The van der Waals surface area contributed by atoms with E-state index in [4.69, 9.17) is 4.98 Å². The van der Waals surface area contributed by atoms with E-state index in [-0.39, 0.29) is 0 Å². The average molecular weight is 712 g/mol. The molecule has 0 bridgehead atoms. The van der Waals surface area contributed by atoms with Crippen molar-refractivity contribution in [3.8, 4) is 56.3 Å². The van der Waals surface area contributed by atoms with Crippen LogP contribution in [0.5, 0.6) is 0 Å². The molecule has 0 aliphatic rings. The van der Waals surface area contributed by atoms with Gasteiger partial charge in [0, 0.05) is 21.9 Å². The van der Waals surface area contributed by atoms with Crippen LogP contribution in [0.1, 0.15) is 42.0 Å². The lowest BCUT2D eigenvalue weighted by Crippen LogP contribution is -2.05. The van der Waals surface area contributed by atoms with E-state index in [1.54, 1.807) is 0 Å². The standard InChI is InChI=1S/C52H45N3/c1-5-6-16-38-23-26-47(35(2)29-38)55-50(41-21-14-9-15-22-41)34-53-52(55)44-30-36(3)51(37(4)31-44)54-48-27-24-42(39-17-10-7-11-18-39)32-45(48)46-33-43(25-28-49(46)54)40-19-12-8-13-20-40/h7-15,17-34H,5-6,16H2,1-4H3. The second-order valence-corrected chi connectivity index (χ2v) is 14.9. The van der Waals surface area contributed by atoms with Gasteiger partial charge < -0.3 is 4.57 Å². The molecule has 0 saturated carbocycles. The molecule has 9 aromatic rings. The van der Waals surface area contributed by atoms with E-state index < -0.39 is 0 Å². The zero-order valence-electron chi connectivity index (χ0n) is 32.1. The topological polar surface area (TPSA) is 22.8 Å². The van der Waals surface area contributed by atoms with E-state index in [0.29, 0.717) is 0 Å². The number of aromatic nitrogens is 3. The van der Waals surface area contributed by atoms with Crippen molar-refractivity contribution in [2.75, 3.05) is 0 Å². The third-order valence-electron chi connectivity index (χ3n) is 11.1. The SMILES string of the molecule is CCCCc1ccc(-n2c(-c3ccccc3)cnc2-c2cc(C)c(-n3c4ccc(-c5ccccc5)cc4c4cc(-c5ccccc5)ccc43)c(C)c2)c(C)c1. The van der Waals surface area contributed by atoms with Gasteiger partial charge in [0.05, 0.1) is 34.3 Å². The summed E-state index contributed by atoms with van der Waals surface area (Å²) in [5.41, 5.74) is 18.0. The molecule has 2 aromatic heterocycles. The van der Waals surface area contributed by atoms with Gasteiger partial charge in [-0.25, -0.2) is 4.98 Å². The fraction of sp³-hybridized carbons (Fsp3) is 0.135. The molecule has 55 heavy (non-hydrogen) atoms. The minimum absolute atomic E-state index is 0.947. The highest BCUT2D eigenvalue weighted by atomic mass is 15.1. The number of unbranched alkanes of at least 4 members (excludes halogenated alkanes) is 1. The maximum atomic E-state index is 5.16. The summed E-state index contributed by atoms with van der Waals surface area (Å²) in [6, 6.07) is 57.5. The number of aryl methyl sites for hydroxylation is 4. The Morgan fingerprint density at radius 2 is 1.02 bits per heavy atom. The van der Waals surface area contributed by atoms with Crippen LogP contribution in [0.25, 0.3) is 78.1 Å². The second-order valence-electron chi connectivity index (χ2n) is 14.9. The maximum absolute atomic E-state index is 5.16. The van der Waals surface area contributed by atoms with Gasteiger partial charge in [-0.2, -0.15) is 0 Å². The van der Waals surface area contributed by atoms with Crippen molar-refractivity contribution in [1.29, 1.82) is 0 Å². The molecule has 0 aliphatic carbocycles. The smallest absolute Gasteiger partial charge is 0.145 e. The molecule has 3 heteroatoms. The fourth-order valence-corrected chi connectivity index (χ4v) is 8.44. The zero-order chi connectivity index (χ0) is 37.5. The number of benzene rings is 7. The quantitative estimate of drug-likeness (QED) is 0.146. The van der Waals surface area contributed by atoms with Crippen LogP contribution >= 0.6 is 0 Å². The van der Waals surface area contributed by atoms with Crippen molar-refractivity contribution in [2.24, 2.45) is 0 Å². The summed E-state index contributed by atoms with van der Waals surface area (Å²) in [6.45, 7) is 8.99. The molecule has 0 radical (unpaired) electrons. The summed E-state index contributed by atoms with van der Waals surface area (Å²) < 4.78 is 4.84. The molecular weight excluding hydrogens is 667 g/mol. The number of rotatable bonds is 9. The Morgan fingerprint density at radius 3 is 1.55 bits per heavy atom. The van der Waals surface area contributed by atoms with Gasteiger partial charge >= 0.3 is 0 Å². The summed E-state index contributed by atoms with van der Waals surface area (Å²) >= 11 is 0. The van der Waals surface area contributed by atoms with Crippen LogP contribution in [0.3, 0.4) is 0 Å². The first-order chi connectivity index (χ1) is 27.0. The van der Waals surface area contributed by atoms with Gasteiger partial charge in [-0.3, -0.25) is 4.57 Å². The van der Waals surface area contributed by atoms with Crippen molar-refractivity contribution < 1.29 is 0 Å². The largest absolute Gasteiger partial charge is 0.309 e. The van der Waals surface area contributed by atoms with Crippen LogP contribution in [0.15, 0.2) is 164 Å². The van der Waals surface area contributed by atoms with Crippen LogP contribution in [-0.2, 0) is 6.42 Å². The first kappa shape index (κ1) is 34.3. The zero-order valence-corrected chi connectivity index (χ0v) is 32.1. The number of fused-ring (bicyclic) bond motifs is 3. The number of hydrogen-bond donors (Lipinski definition) is 0. The fourth-order valence-electron chi connectivity index (χ4n) is 8.44. The first-order valence-electron chi connectivity index (χ1n) is 19.5. The van der Waals surface area contributed by atoms with Gasteiger partial charge in [0.2, 0.25) is 0 Å². The molecule has 9 rings (SSSR count). The Balaban J connectivity index is 1.23. The molecule has 7 aromatic carbocycles. The molecule has 0 saturated heterocycles. The molecule has 0 N–H and O–H groups in total. The number of hydrogen-bond acceptors (Lipinski definition) is 1.